The van der Waals surface area contributed by atoms with Crippen molar-refractivity contribution in [2.45, 2.75) is 11.2 Å². The van der Waals surface area contributed by atoms with E-state index in [4.69, 9.17) is 21.4 Å². The van der Waals surface area contributed by atoms with Gasteiger partial charge in [0.15, 0.2) is 0 Å². The van der Waals surface area contributed by atoms with E-state index in [0.29, 0.717) is 17.2 Å². The van der Waals surface area contributed by atoms with Gasteiger partial charge in [0.05, 0.1) is 12.1 Å². The largest absolute Gasteiger partial charge is 0.495 e. The lowest BCUT2D eigenvalue weighted by molar-refractivity contribution is -0.136. The molecule has 1 aromatic rings. The summed E-state index contributed by atoms with van der Waals surface area (Å²) in [6, 6.07) is 5.22. The number of ether oxygens (including phenoxy) is 1. The molecule has 82 valence electrons. The first-order chi connectivity index (χ1) is 7.04. The van der Waals surface area contributed by atoms with Crippen LogP contribution in [0.25, 0.3) is 0 Å². The van der Waals surface area contributed by atoms with Crippen LogP contribution < -0.4 is 4.74 Å². The number of hydrogen-bond acceptors (Lipinski definition) is 2. The van der Waals surface area contributed by atoms with Gasteiger partial charge in [-0.1, -0.05) is 33.6 Å². The first kappa shape index (κ1) is 12.3. The van der Waals surface area contributed by atoms with Gasteiger partial charge in [0.2, 0.25) is 0 Å². The molecule has 0 aliphatic heterocycles. The maximum Gasteiger partial charge on any atom is 0.317 e. The van der Waals surface area contributed by atoms with Crippen molar-refractivity contribution in [3.8, 4) is 5.75 Å². The second-order valence-corrected chi connectivity index (χ2v) is 4.49. The number of hydrogen-bond donors (Lipinski definition) is 1. The number of aliphatic carboxylic acids is 1. The van der Waals surface area contributed by atoms with Crippen molar-refractivity contribution in [3.05, 3.63) is 28.8 Å². The average Bonchev–Trinajstić information content (AvgIpc) is 2.18. The van der Waals surface area contributed by atoms with E-state index in [2.05, 4.69) is 15.9 Å². The predicted molar refractivity (Wildman–Crippen MR) is 62.1 cm³/mol. The molecule has 0 spiro atoms. The van der Waals surface area contributed by atoms with E-state index in [9.17, 15) is 4.79 Å². The lowest BCUT2D eigenvalue weighted by Gasteiger charge is -2.07. The maximum atomic E-state index is 10.6. The van der Waals surface area contributed by atoms with E-state index >= 15 is 0 Å². The van der Waals surface area contributed by atoms with Crippen molar-refractivity contribution < 1.29 is 14.6 Å². The van der Waals surface area contributed by atoms with Gasteiger partial charge in [-0.05, 0) is 24.1 Å². The van der Waals surface area contributed by atoms with Crippen LogP contribution in [0.15, 0.2) is 18.2 Å². The van der Waals surface area contributed by atoms with Gasteiger partial charge < -0.3 is 9.84 Å². The summed E-state index contributed by atoms with van der Waals surface area (Å²) >= 11 is 8.97. The van der Waals surface area contributed by atoms with Crippen molar-refractivity contribution in [2.24, 2.45) is 0 Å². The number of carboxylic acids is 1. The van der Waals surface area contributed by atoms with Crippen molar-refractivity contribution in [2.75, 3.05) is 7.11 Å². The molecular weight excluding hydrogens is 283 g/mol. The molecule has 0 amide bonds. The third-order valence-corrected chi connectivity index (χ3v) is 2.91. The summed E-state index contributed by atoms with van der Waals surface area (Å²) in [7, 11) is 1.53. The molecule has 1 rings (SSSR count). The molecule has 5 heteroatoms. The Hall–Kier alpha value is -0.740. The van der Waals surface area contributed by atoms with Crippen molar-refractivity contribution in [3.63, 3.8) is 0 Å². The van der Waals surface area contributed by atoms with E-state index < -0.39 is 10.8 Å². The Labute approximate surface area is 101 Å². The average molecular weight is 294 g/mol. The molecule has 0 saturated carbocycles. The summed E-state index contributed by atoms with van der Waals surface area (Å²) in [6.45, 7) is 0. The molecule has 1 atom stereocenters. The topological polar surface area (TPSA) is 46.5 Å². The minimum atomic E-state index is -0.887. The first-order valence-electron chi connectivity index (χ1n) is 4.24. The van der Waals surface area contributed by atoms with Gasteiger partial charge in [0.25, 0.3) is 0 Å². The highest BCUT2D eigenvalue weighted by atomic mass is 79.9. The van der Waals surface area contributed by atoms with Gasteiger partial charge in [-0.25, -0.2) is 0 Å². The van der Waals surface area contributed by atoms with Gasteiger partial charge in [0, 0.05) is 0 Å². The maximum absolute atomic E-state index is 10.6. The molecule has 0 aromatic heterocycles. The number of benzene rings is 1. The van der Waals surface area contributed by atoms with Gasteiger partial charge in [0.1, 0.15) is 10.6 Å². The van der Waals surface area contributed by atoms with Crippen LogP contribution >= 0.6 is 27.5 Å². The molecule has 0 saturated heterocycles. The van der Waals surface area contributed by atoms with E-state index in [1.54, 1.807) is 18.2 Å². The van der Waals surface area contributed by atoms with E-state index in [0.717, 1.165) is 5.56 Å². The van der Waals surface area contributed by atoms with Crippen LogP contribution in [0.2, 0.25) is 5.02 Å². The Balaban J connectivity index is 2.79. The fourth-order valence-electron chi connectivity index (χ4n) is 1.13. The summed E-state index contributed by atoms with van der Waals surface area (Å²) in [5.41, 5.74) is 0.852. The number of carboxylic acid groups (broad SMARTS) is 1. The number of rotatable bonds is 4. The van der Waals surface area contributed by atoms with Crippen LogP contribution in [0.3, 0.4) is 0 Å². The number of methoxy groups -OCH3 is 1. The quantitative estimate of drug-likeness (QED) is 0.868. The zero-order valence-corrected chi connectivity index (χ0v) is 10.4. The lowest BCUT2D eigenvalue weighted by Crippen LogP contribution is -2.15. The Kier molecular flexibility index (Phi) is 4.42. The Morgan fingerprint density at radius 2 is 2.33 bits per heavy atom. The molecule has 15 heavy (non-hydrogen) atoms. The molecule has 0 aliphatic carbocycles. The van der Waals surface area contributed by atoms with E-state index in [-0.39, 0.29) is 0 Å². The van der Waals surface area contributed by atoms with E-state index in [1.165, 1.54) is 7.11 Å². The summed E-state index contributed by atoms with van der Waals surface area (Å²) in [4.78, 5) is 10.0. The normalized spacial score (nSPS) is 12.2. The van der Waals surface area contributed by atoms with Crippen LogP contribution in [-0.4, -0.2) is 23.0 Å². The van der Waals surface area contributed by atoms with Gasteiger partial charge in [-0.2, -0.15) is 0 Å². The Morgan fingerprint density at radius 1 is 1.67 bits per heavy atom. The van der Waals surface area contributed by atoms with Crippen LogP contribution in [-0.2, 0) is 11.2 Å². The third-order valence-electron chi connectivity index (χ3n) is 1.90. The molecule has 1 aromatic carbocycles. The molecule has 0 heterocycles. The molecule has 0 bridgehead atoms. The molecular formula is C10H10BrClO3. The van der Waals surface area contributed by atoms with E-state index in [1.807, 2.05) is 0 Å². The smallest absolute Gasteiger partial charge is 0.317 e. The fourth-order valence-corrected chi connectivity index (χ4v) is 1.79. The monoisotopic (exact) mass is 292 g/mol. The van der Waals surface area contributed by atoms with Gasteiger partial charge >= 0.3 is 5.97 Å². The SMILES string of the molecule is COc1ccc(C[C@@H](Br)C(=O)O)cc1Cl. The first-order valence-corrected chi connectivity index (χ1v) is 5.53. The highest BCUT2D eigenvalue weighted by Crippen LogP contribution is 2.26. The third kappa shape index (κ3) is 3.39. The van der Waals surface area contributed by atoms with Crippen molar-refractivity contribution in [1.82, 2.24) is 0 Å². The summed E-state index contributed by atoms with van der Waals surface area (Å²) in [6.07, 6.45) is 0.388. The second-order valence-electron chi connectivity index (χ2n) is 2.98. The van der Waals surface area contributed by atoms with Gasteiger partial charge in [-0.3, -0.25) is 4.79 Å². The molecule has 0 fully saturated rings. The lowest BCUT2D eigenvalue weighted by atomic mass is 10.1. The predicted octanol–water partition coefficient (Wildman–Crippen LogP) is 2.74. The number of alkyl halides is 1. The highest BCUT2D eigenvalue weighted by Gasteiger charge is 2.14. The molecule has 0 radical (unpaired) electrons. The molecule has 0 unspecified atom stereocenters. The molecule has 0 aliphatic rings. The summed E-state index contributed by atoms with van der Waals surface area (Å²) in [5, 5.41) is 9.20. The van der Waals surface area contributed by atoms with Crippen molar-refractivity contribution >= 4 is 33.5 Å². The fraction of sp³-hybridized carbons (Fsp3) is 0.300. The Morgan fingerprint density at radius 3 is 2.80 bits per heavy atom. The van der Waals surface area contributed by atoms with Crippen LogP contribution in [0.4, 0.5) is 0 Å². The zero-order chi connectivity index (χ0) is 11.4. The zero-order valence-electron chi connectivity index (χ0n) is 8.04. The molecule has 3 nitrogen and oxygen atoms in total. The van der Waals surface area contributed by atoms with Gasteiger partial charge in [-0.15, -0.1) is 0 Å². The number of carbonyl (C=O) groups is 1. The minimum Gasteiger partial charge on any atom is -0.495 e. The minimum absolute atomic E-state index is 0.388. The summed E-state index contributed by atoms with van der Waals surface area (Å²) < 4.78 is 4.99. The standard InChI is InChI=1S/C10H10BrClO3/c1-15-9-3-2-6(5-8(9)12)4-7(11)10(13)14/h2-3,5,7H,4H2,1H3,(H,13,14)/t7-/m1/s1. The van der Waals surface area contributed by atoms with Crippen molar-refractivity contribution in [1.29, 1.82) is 0 Å². The molecule has 1 N–H and O–H groups in total. The number of halogens is 2. The Bertz CT molecular complexity index is 368. The van der Waals surface area contributed by atoms with Crippen LogP contribution in [0.1, 0.15) is 5.56 Å². The highest BCUT2D eigenvalue weighted by molar-refractivity contribution is 9.10. The van der Waals surface area contributed by atoms with Crippen LogP contribution in [0.5, 0.6) is 5.75 Å². The summed E-state index contributed by atoms with van der Waals surface area (Å²) in [5.74, 6) is -0.302. The van der Waals surface area contributed by atoms with Crippen LogP contribution in [0, 0.1) is 0 Å². The second kappa shape index (κ2) is 5.37.